The van der Waals surface area contributed by atoms with E-state index in [4.69, 9.17) is 21.1 Å². The first kappa shape index (κ1) is 15.7. The van der Waals surface area contributed by atoms with Crippen LogP contribution in [0.2, 0.25) is 5.15 Å². The van der Waals surface area contributed by atoms with E-state index in [1.54, 1.807) is 6.07 Å². The molecule has 2 heterocycles. The number of rotatable bonds is 3. The molecule has 1 aliphatic rings. The van der Waals surface area contributed by atoms with Gasteiger partial charge in [-0.05, 0) is 18.2 Å². The Morgan fingerprint density at radius 2 is 1.96 bits per heavy atom. The van der Waals surface area contributed by atoms with E-state index < -0.39 is 0 Å². The molecule has 1 N–H and O–H groups in total. The van der Waals surface area contributed by atoms with Gasteiger partial charge in [0.2, 0.25) is 0 Å². The van der Waals surface area contributed by atoms with Crippen molar-refractivity contribution in [3.63, 3.8) is 0 Å². The Labute approximate surface area is 149 Å². The molecule has 0 saturated heterocycles. The standard InChI is InChI=1S/C19H15ClN2O3/c20-17-10-14(13-5-1-2-6-15(13)22-17)19(23)21-11-12-4-3-7-16-18(12)25-9-8-24-16/h1-7,10H,8-9,11H2,(H,21,23). The SMILES string of the molecule is O=C(NCc1cccc2c1OCCO2)c1cc(Cl)nc2ccccc12. The molecule has 2 aromatic carbocycles. The maximum absolute atomic E-state index is 12.7. The molecule has 1 aliphatic heterocycles. The first-order chi connectivity index (χ1) is 12.2. The molecule has 4 rings (SSSR count). The number of pyridine rings is 1. The highest BCUT2D eigenvalue weighted by Gasteiger charge is 2.17. The molecule has 0 saturated carbocycles. The third-order valence-electron chi connectivity index (χ3n) is 4.02. The molecule has 0 aliphatic carbocycles. The molecule has 0 atom stereocenters. The number of aromatic nitrogens is 1. The van der Waals surface area contributed by atoms with Crippen LogP contribution in [0.3, 0.4) is 0 Å². The van der Waals surface area contributed by atoms with E-state index in [0.717, 1.165) is 10.9 Å². The summed E-state index contributed by atoms with van der Waals surface area (Å²) in [6.45, 7) is 1.37. The smallest absolute Gasteiger partial charge is 0.252 e. The number of nitrogens with zero attached hydrogens (tertiary/aromatic N) is 1. The number of nitrogens with one attached hydrogen (secondary N) is 1. The largest absolute Gasteiger partial charge is 0.486 e. The lowest BCUT2D eigenvalue weighted by atomic mass is 10.1. The average molecular weight is 355 g/mol. The van der Waals surface area contributed by atoms with Crippen molar-refractivity contribution in [3.05, 3.63) is 64.8 Å². The Balaban J connectivity index is 1.60. The summed E-state index contributed by atoms with van der Waals surface area (Å²) >= 11 is 6.05. The Kier molecular flexibility index (Phi) is 4.15. The first-order valence-electron chi connectivity index (χ1n) is 7.93. The highest BCUT2D eigenvalue weighted by Crippen LogP contribution is 2.33. The predicted octanol–water partition coefficient (Wildman–Crippen LogP) is 3.59. The van der Waals surface area contributed by atoms with Crippen molar-refractivity contribution in [1.29, 1.82) is 0 Å². The van der Waals surface area contributed by atoms with Crippen LogP contribution in [0.5, 0.6) is 11.5 Å². The Morgan fingerprint density at radius 1 is 1.12 bits per heavy atom. The summed E-state index contributed by atoms with van der Waals surface area (Å²) < 4.78 is 11.2. The summed E-state index contributed by atoms with van der Waals surface area (Å²) in [4.78, 5) is 16.9. The van der Waals surface area contributed by atoms with E-state index in [2.05, 4.69) is 10.3 Å². The average Bonchev–Trinajstić information content (AvgIpc) is 2.65. The summed E-state index contributed by atoms with van der Waals surface area (Å²) in [5.41, 5.74) is 2.06. The van der Waals surface area contributed by atoms with Gasteiger partial charge in [0.15, 0.2) is 11.5 Å². The number of ether oxygens (including phenoxy) is 2. The van der Waals surface area contributed by atoms with Gasteiger partial charge in [0.1, 0.15) is 18.4 Å². The van der Waals surface area contributed by atoms with E-state index in [-0.39, 0.29) is 11.1 Å². The summed E-state index contributed by atoms with van der Waals surface area (Å²) in [5.74, 6) is 1.18. The van der Waals surface area contributed by atoms with Crippen LogP contribution in [-0.2, 0) is 6.54 Å². The minimum atomic E-state index is -0.213. The predicted molar refractivity (Wildman–Crippen MR) is 95.4 cm³/mol. The van der Waals surface area contributed by atoms with Crippen molar-refractivity contribution in [2.45, 2.75) is 6.54 Å². The highest BCUT2D eigenvalue weighted by atomic mass is 35.5. The third kappa shape index (κ3) is 3.10. The van der Waals surface area contributed by atoms with Crippen LogP contribution in [0.25, 0.3) is 10.9 Å². The maximum Gasteiger partial charge on any atom is 0.252 e. The van der Waals surface area contributed by atoms with E-state index >= 15 is 0 Å². The van der Waals surface area contributed by atoms with E-state index in [1.165, 1.54) is 0 Å². The second-order valence-electron chi connectivity index (χ2n) is 5.63. The van der Waals surface area contributed by atoms with Crippen LogP contribution in [0.4, 0.5) is 0 Å². The molecule has 0 bridgehead atoms. The van der Waals surface area contributed by atoms with Crippen LogP contribution >= 0.6 is 11.6 Å². The van der Waals surface area contributed by atoms with Gasteiger partial charge < -0.3 is 14.8 Å². The van der Waals surface area contributed by atoms with Gasteiger partial charge >= 0.3 is 0 Å². The molecular weight excluding hydrogens is 340 g/mol. The van der Waals surface area contributed by atoms with Gasteiger partial charge in [0.25, 0.3) is 5.91 Å². The molecule has 5 nitrogen and oxygen atoms in total. The molecule has 126 valence electrons. The summed E-state index contributed by atoms with van der Waals surface area (Å²) in [6, 6.07) is 14.6. The fourth-order valence-electron chi connectivity index (χ4n) is 2.88. The number of halogens is 1. The molecule has 0 fully saturated rings. The van der Waals surface area contributed by atoms with Crippen molar-refractivity contribution < 1.29 is 14.3 Å². The van der Waals surface area contributed by atoms with Crippen molar-refractivity contribution in [1.82, 2.24) is 10.3 Å². The molecule has 3 aromatic rings. The number of para-hydroxylation sites is 2. The number of carbonyl (C=O) groups excluding carboxylic acids is 1. The number of fused-ring (bicyclic) bond motifs is 2. The molecular formula is C19H15ClN2O3. The topological polar surface area (TPSA) is 60.5 Å². The van der Waals surface area contributed by atoms with Gasteiger partial charge in [0.05, 0.1) is 11.1 Å². The van der Waals surface area contributed by atoms with Gasteiger partial charge in [-0.3, -0.25) is 4.79 Å². The summed E-state index contributed by atoms with van der Waals surface area (Å²) in [7, 11) is 0. The normalized spacial score (nSPS) is 12.8. The Bertz CT molecular complexity index is 959. The lowest BCUT2D eigenvalue weighted by molar-refractivity contribution is 0.0951. The van der Waals surface area contributed by atoms with Gasteiger partial charge in [-0.15, -0.1) is 0 Å². The number of carbonyl (C=O) groups is 1. The number of amides is 1. The fourth-order valence-corrected chi connectivity index (χ4v) is 3.08. The lowest BCUT2D eigenvalue weighted by Crippen LogP contribution is -2.24. The van der Waals surface area contributed by atoms with E-state index in [9.17, 15) is 4.79 Å². The molecule has 1 aromatic heterocycles. The number of hydrogen-bond donors (Lipinski definition) is 1. The van der Waals surface area contributed by atoms with Crippen LogP contribution in [0, 0.1) is 0 Å². The first-order valence-corrected chi connectivity index (χ1v) is 8.31. The fraction of sp³-hybridized carbons (Fsp3) is 0.158. The second kappa shape index (κ2) is 6.61. The number of hydrogen-bond acceptors (Lipinski definition) is 4. The quantitative estimate of drug-likeness (QED) is 0.730. The summed E-state index contributed by atoms with van der Waals surface area (Å²) in [5, 5.41) is 3.98. The zero-order valence-electron chi connectivity index (χ0n) is 13.3. The molecule has 0 unspecified atom stereocenters. The monoisotopic (exact) mass is 354 g/mol. The third-order valence-corrected chi connectivity index (χ3v) is 4.21. The van der Waals surface area contributed by atoms with Crippen LogP contribution in [-0.4, -0.2) is 24.1 Å². The Hall–Kier alpha value is -2.79. The molecule has 0 radical (unpaired) electrons. The van der Waals surface area contributed by atoms with Gasteiger partial charge in [-0.2, -0.15) is 0 Å². The highest BCUT2D eigenvalue weighted by molar-refractivity contribution is 6.30. The van der Waals surface area contributed by atoms with Gasteiger partial charge in [-0.1, -0.05) is 41.9 Å². The van der Waals surface area contributed by atoms with Crippen molar-refractivity contribution in [3.8, 4) is 11.5 Å². The zero-order valence-corrected chi connectivity index (χ0v) is 14.0. The molecule has 6 heteroatoms. The summed E-state index contributed by atoms with van der Waals surface area (Å²) in [6.07, 6.45) is 0. The minimum absolute atomic E-state index is 0.213. The van der Waals surface area contributed by atoms with E-state index in [0.29, 0.717) is 42.3 Å². The minimum Gasteiger partial charge on any atom is -0.486 e. The van der Waals surface area contributed by atoms with Crippen LogP contribution in [0.1, 0.15) is 15.9 Å². The van der Waals surface area contributed by atoms with Crippen molar-refractivity contribution in [2.75, 3.05) is 13.2 Å². The molecule has 25 heavy (non-hydrogen) atoms. The van der Waals surface area contributed by atoms with Crippen molar-refractivity contribution in [2.24, 2.45) is 0 Å². The zero-order chi connectivity index (χ0) is 17.2. The number of benzene rings is 2. The second-order valence-corrected chi connectivity index (χ2v) is 6.02. The molecule has 0 spiro atoms. The van der Waals surface area contributed by atoms with Crippen molar-refractivity contribution >= 4 is 28.4 Å². The van der Waals surface area contributed by atoms with E-state index in [1.807, 2.05) is 42.5 Å². The Morgan fingerprint density at radius 3 is 2.88 bits per heavy atom. The lowest BCUT2D eigenvalue weighted by Gasteiger charge is -2.21. The van der Waals surface area contributed by atoms with Crippen LogP contribution in [0.15, 0.2) is 48.5 Å². The molecule has 1 amide bonds. The van der Waals surface area contributed by atoms with Gasteiger partial charge in [0, 0.05) is 17.5 Å². The van der Waals surface area contributed by atoms with Crippen LogP contribution < -0.4 is 14.8 Å². The van der Waals surface area contributed by atoms with Gasteiger partial charge in [-0.25, -0.2) is 4.98 Å². The maximum atomic E-state index is 12.7.